The van der Waals surface area contributed by atoms with Gasteiger partial charge in [-0.1, -0.05) is 0 Å². The first-order valence-corrected chi connectivity index (χ1v) is 7.23. The summed E-state index contributed by atoms with van der Waals surface area (Å²) in [5.41, 5.74) is 0. The van der Waals surface area contributed by atoms with Crippen molar-refractivity contribution in [2.75, 3.05) is 0 Å². The van der Waals surface area contributed by atoms with Gasteiger partial charge in [-0.25, -0.2) is 0 Å². The highest BCUT2D eigenvalue weighted by Crippen LogP contribution is 1.88. The third kappa shape index (κ3) is 3.49. The summed E-state index contributed by atoms with van der Waals surface area (Å²) in [5.74, 6) is 0. The van der Waals surface area contributed by atoms with Crippen molar-refractivity contribution in [2.45, 2.75) is 4.91 Å². The molecule has 5 heteroatoms. The Bertz CT molecular complexity index is 26.7. The van der Waals surface area contributed by atoms with Crippen LogP contribution in [-0.4, -0.2) is 42.5 Å². The molecular weight excluding hydrogens is 155 g/mol. The van der Waals surface area contributed by atoms with Gasteiger partial charge in [-0.05, 0) is 4.91 Å². The Labute approximate surface area is 52.1 Å². The van der Waals surface area contributed by atoms with Crippen molar-refractivity contribution in [1.29, 1.82) is 0 Å². The van der Waals surface area contributed by atoms with Crippen molar-refractivity contribution < 1.29 is 0 Å². The molecule has 1 unspecified atom stereocenters. The first-order valence-electron chi connectivity index (χ1n) is 1.41. The highest BCUT2D eigenvalue weighted by Gasteiger charge is 1.91. The highest BCUT2D eigenvalue weighted by molar-refractivity contribution is 7.33. The van der Waals surface area contributed by atoms with Gasteiger partial charge in [-0.15, -0.1) is 9.24 Å². The van der Waals surface area contributed by atoms with E-state index in [9.17, 15) is 0 Å². The predicted octanol–water partition coefficient (Wildman–Crippen LogP) is -1.28. The maximum atomic E-state index is 3.40. The molecule has 0 aliphatic rings. The summed E-state index contributed by atoms with van der Waals surface area (Å²) in [5, 5.41) is 0. The molecule has 10 radical (unpaired) electrons. The van der Waals surface area contributed by atoms with Crippen LogP contribution in [0.4, 0.5) is 0 Å². The van der Waals surface area contributed by atoms with Crippen LogP contribution < -0.4 is 0 Å². The Morgan fingerprint density at radius 3 is 1.67 bits per heavy atom. The Hall–Kier alpha value is 1.30. The summed E-state index contributed by atoms with van der Waals surface area (Å²) < 4.78 is 0. The predicted molar refractivity (Wildman–Crippen MR) is 36.5 cm³/mol. The number of rotatable bonds is 2. The fourth-order valence-electron chi connectivity index (χ4n) is 0.0361. The van der Waals surface area contributed by atoms with Gasteiger partial charge in [0, 0.05) is 37.6 Å². The Morgan fingerprint density at radius 2 is 1.67 bits per heavy atom. The summed E-state index contributed by atoms with van der Waals surface area (Å²) in [7, 11) is 11.3. The molecule has 0 bridgehead atoms. The zero-order valence-corrected chi connectivity index (χ0v) is 8.31. The Kier molecular flexibility index (Phi) is 5.42. The molecule has 0 N–H and O–H groups in total. The Morgan fingerprint density at radius 1 is 1.33 bits per heavy atom. The van der Waals surface area contributed by atoms with E-state index in [1.54, 1.807) is 0 Å². The molecule has 0 spiro atoms. The smallest absolute Gasteiger partial charge is 0.0226 e. The molecular formula is CH3PSi4. The second-order valence-electron chi connectivity index (χ2n) is 0.766. The number of hydrogen-bond donors (Lipinski definition) is 0. The Balaban J connectivity index is 2.75. The summed E-state index contributed by atoms with van der Waals surface area (Å²) in [6, 6.07) is 0. The molecule has 0 heterocycles. The molecule has 28 valence electrons. The normalized spacial score (nSPS) is 10.0. The standard InChI is InChI=1S/CH3PSi4/c2-1(5-3)6-4/h1H,2H2. The maximum Gasteiger partial charge on any atom is 0.0226 e. The molecule has 6 heavy (non-hydrogen) atoms. The van der Waals surface area contributed by atoms with E-state index >= 15 is 0 Å². The second kappa shape index (κ2) is 4.46. The molecule has 0 nitrogen and oxygen atoms in total. The van der Waals surface area contributed by atoms with Crippen molar-refractivity contribution in [3.63, 3.8) is 0 Å². The fraction of sp³-hybridized carbons (Fsp3) is 1.00. The van der Waals surface area contributed by atoms with Crippen molar-refractivity contribution in [3.8, 4) is 0 Å². The minimum atomic E-state index is 0.735. The van der Waals surface area contributed by atoms with Crippen LogP contribution in [0.5, 0.6) is 0 Å². The van der Waals surface area contributed by atoms with Gasteiger partial charge < -0.3 is 0 Å². The van der Waals surface area contributed by atoms with Crippen LogP contribution in [-0.2, 0) is 0 Å². The topological polar surface area (TPSA) is 0 Å². The third-order valence-corrected chi connectivity index (χ3v) is 8.40. The van der Waals surface area contributed by atoms with E-state index in [0.717, 1.165) is 23.0 Å². The van der Waals surface area contributed by atoms with E-state index in [-0.39, 0.29) is 0 Å². The fourth-order valence-corrected chi connectivity index (χ4v) is 2.92. The lowest BCUT2D eigenvalue weighted by Crippen LogP contribution is -2.17. The average Bonchev–Trinajstić information content (AvgIpc) is 1.65. The molecule has 0 fully saturated rings. The summed E-state index contributed by atoms with van der Waals surface area (Å²) in [6.07, 6.45) is 0. The number of hydrogen-bond acceptors (Lipinski definition) is 0. The van der Waals surface area contributed by atoms with Crippen molar-refractivity contribution in [3.05, 3.63) is 0 Å². The molecule has 0 saturated heterocycles. The molecule has 0 aromatic heterocycles. The van der Waals surface area contributed by atoms with Crippen LogP contribution in [0.15, 0.2) is 0 Å². The van der Waals surface area contributed by atoms with E-state index in [4.69, 9.17) is 0 Å². The van der Waals surface area contributed by atoms with Gasteiger partial charge in [0.05, 0.1) is 0 Å². The molecule has 0 aromatic rings. The molecule has 0 amide bonds. The van der Waals surface area contributed by atoms with Crippen LogP contribution in [0, 0.1) is 0 Å². The van der Waals surface area contributed by atoms with E-state index in [0.29, 0.717) is 0 Å². The quantitative estimate of drug-likeness (QED) is 0.347. The van der Waals surface area contributed by atoms with Crippen LogP contribution in [0.25, 0.3) is 0 Å². The SMILES string of the molecule is [Si][Si]C(P)[Si][Si]. The van der Waals surface area contributed by atoms with Gasteiger partial charge in [0.15, 0.2) is 0 Å². The average molecular weight is 158 g/mol. The maximum absolute atomic E-state index is 3.40. The van der Waals surface area contributed by atoms with E-state index < -0.39 is 0 Å². The van der Waals surface area contributed by atoms with E-state index in [1.807, 2.05) is 0 Å². The lowest BCUT2D eigenvalue weighted by molar-refractivity contribution is 1.96. The second-order valence-corrected chi connectivity index (χ2v) is 6.90. The van der Waals surface area contributed by atoms with Crippen LogP contribution in [0.3, 0.4) is 0 Å². The van der Waals surface area contributed by atoms with Crippen LogP contribution >= 0.6 is 9.24 Å². The molecule has 0 rings (SSSR count). The van der Waals surface area contributed by atoms with Gasteiger partial charge in [0.1, 0.15) is 0 Å². The van der Waals surface area contributed by atoms with Gasteiger partial charge in [-0.2, -0.15) is 0 Å². The van der Waals surface area contributed by atoms with E-state index in [2.05, 4.69) is 28.8 Å². The third-order valence-electron chi connectivity index (χ3n) is 0.311. The lowest BCUT2D eigenvalue weighted by Gasteiger charge is -1.96. The van der Waals surface area contributed by atoms with Crippen molar-refractivity contribution in [2.24, 2.45) is 0 Å². The van der Waals surface area contributed by atoms with Gasteiger partial charge in [0.25, 0.3) is 0 Å². The molecule has 0 aliphatic heterocycles. The van der Waals surface area contributed by atoms with E-state index in [1.165, 1.54) is 0 Å². The summed E-state index contributed by atoms with van der Waals surface area (Å²) in [6.45, 7) is 0. The van der Waals surface area contributed by atoms with Crippen LogP contribution in [0.1, 0.15) is 0 Å². The van der Waals surface area contributed by atoms with Gasteiger partial charge >= 0.3 is 0 Å². The van der Waals surface area contributed by atoms with Gasteiger partial charge in [0.2, 0.25) is 0 Å². The largest absolute Gasteiger partial charge is 0.141 e. The highest BCUT2D eigenvalue weighted by atomic mass is 31.0. The monoisotopic (exact) mass is 158 g/mol. The molecule has 0 aromatic carbocycles. The van der Waals surface area contributed by atoms with Gasteiger partial charge in [-0.3, -0.25) is 0 Å². The lowest BCUT2D eigenvalue weighted by atomic mass is 11.8. The minimum Gasteiger partial charge on any atom is -0.141 e. The zero-order valence-electron chi connectivity index (χ0n) is 3.15. The van der Waals surface area contributed by atoms with Crippen molar-refractivity contribution in [1.82, 2.24) is 0 Å². The zero-order chi connectivity index (χ0) is 4.99. The molecule has 0 saturated carbocycles. The molecule has 0 aliphatic carbocycles. The van der Waals surface area contributed by atoms with Crippen LogP contribution in [0.2, 0.25) is 0 Å². The first-order chi connectivity index (χ1) is 2.81. The first kappa shape index (κ1) is 7.30. The summed E-state index contributed by atoms with van der Waals surface area (Å²) in [4.78, 5) is 0.735. The summed E-state index contributed by atoms with van der Waals surface area (Å²) >= 11 is 0. The minimum absolute atomic E-state index is 0.735. The van der Waals surface area contributed by atoms with Crippen molar-refractivity contribution >= 4 is 46.8 Å². The molecule has 1 atom stereocenters.